The van der Waals surface area contributed by atoms with E-state index in [1.54, 1.807) is 7.11 Å². The van der Waals surface area contributed by atoms with Crippen LogP contribution in [0.25, 0.3) is 0 Å². The van der Waals surface area contributed by atoms with Crippen molar-refractivity contribution in [1.82, 2.24) is 10.6 Å². The number of methoxy groups -OCH3 is 1. The maximum atomic E-state index is 5.41. The van der Waals surface area contributed by atoms with Crippen LogP contribution in [-0.2, 0) is 11.2 Å². The number of aryl methyl sites for hydroxylation is 1. The first-order valence-corrected chi connectivity index (χ1v) is 7.94. The molecule has 0 aromatic heterocycles. The molecule has 1 aromatic carbocycles. The van der Waals surface area contributed by atoms with Crippen molar-refractivity contribution in [3.05, 3.63) is 29.3 Å². The van der Waals surface area contributed by atoms with Crippen molar-refractivity contribution in [3.8, 4) is 5.75 Å². The summed E-state index contributed by atoms with van der Waals surface area (Å²) in [6.45, 7) is 9.83. The summed E-state index contributed by atoms with van der Waals surface area (Å²) in [5, 5.41) is 6.58. The summed E-state index contributed by atoms with van der Waals surface area (Å²) in [6, 6.07) is 6.25. The average molecular weight is 435 g/mol. The van der Waals surface area contributed by atoms with Crippen LogP contribution in [0.2, 0.25) is 0 Å². The SMILES string of the molecule is CCNC(=NCCOCC)NCCc1cc(C)ccc1OC.I. The second kappa shape index (κ2) is 13.4. The van der Waals surface area contributed by atoms with Crippen LogP contribution < -0.4 is 15.4 Å². The van der Waals surface area contributed by atoms with Gasteiger partial charge in [0.25, 0.3) is 0 Å². The second-order valence-corrected chi connectivity index (χ2v) is 4.95. The zero-order chi connectivity index (χ0) is 16.2. The van der Waals surface area contributed by atoms with Gasteiger partial charge in [-0.25, -0.2) is 0 Å². The van der Waals surface area contributed by atoms with Gasteiger partial charge in [0, 0.05) is 19.7 Å². The molecule has 0 amide bonds. The number of benzene rings is 1. The molecule has 1 aromatic rings. The number of hydrogen-bond donors (Lipinski definition) is 2. The Labute approximate surface area is 157 Å². The van der Waals surface area contributed by atoms with Crippen molar-refractivity contribution in [2.24, 2.45) is 4.99 Å². The zero-order valence-electron chi connectivity index (χ0n) is 14.6. The minimum Gasteiger partial charge on any atom is -0.496 e. The Balaban J connectivity index is 0.00000484. The van der Waals surface area contributed by atoms with Gasteiger partial charge in [-0.05, 0) is 38.8 Å². The van der Waals surface area contributed by atoms with E-state index in [-0.39, 0.29) is 24.0 Å². The van der Waals surface area contributed by atoms with E-state index in [9.17, 15) is 0 Å². The number of nitrogens with zero attached hydrogens (tertiary/aromatic N) is 1. The van der Waals surface area contributed by atoms with Crippen molar-refractivity contribution >= 4 is 29.9 Å². The van der Waals surface area contributed by atoms with Crippen molar-refractivity contribution in [2.75, 3.05) is 40.0 Å². The molecule has 0 aliphatic carbocycles. The summed E-state index contributed by atoms with van der Waals surface area (Å²) in [7, 11) is 1.71. The fourth-order valence-electron chi connectivity index (χ4n) is 2.13. The molecule has 0 aliphatic rings. The normalized spacial score (nSPS) is 10.9. The topological polar surface area (TPSA) is 54.9 Å². The predicted octanol–water partition coefficient (Wildman–Crippen LogP) is 2.76. The zero-order valence-corrected chi connectivity index (χ0v) is 17.0. The standard InChI is InChI=1S/C17H29N3O2.HI/c1-5-18-17(20-11-12-22-6-2)19-10-9-15-13-14(3)7-8-16(15)21-4;/h7-8,13H,5-6,9-12H2,1-4H3,(H2,18,19,20);1H. The van der Waals surface area contributed by atoms with Gasteiger partial charge in [-0.1, -0.05) is 17.7 Å². The molecule has 0 unspecified atom stereocenters. The van der Waals surface area contributed by atoms with Crippen LogP contribution in [0.15, 0.2) is 23.2 Å². The van der Waals surface area contributed by atoms with E-state index in [4.69, 9.17) is 9.47 Å². The molecular formula is C17H30IN3O2. The summed E-state index contributed by atoms with van der Waals surface area (Å²) in [5.41, 5.74) is 2.45. The predicted molar refractivity (Wildman–Crippen MR) is 107 cm³/mol. The van der Waals surface area contributed by atoms with Gasteiger partial charge in [0.05, 0.1) is 20.3 Å². The highest BCUT2D eigenvalue weighted by molar-refractivity contribution is 14.0. The van der Waals surface area contributed by atoms with Crippen molar-refractivity contribution < 1.29 is 9.47 Å². The van der Waals surface area contributed by atoms with Crippen LogP contribution in [-0.4, -0.2) is 45.9 Å². The number of aliphatic imine (C=N–C) groups is 1. The van der Waals surface area contributed by atoms with Crippen molar-refractivity contribution in [2.45, 2.75) is 27.2 Å². The summed E-state index contributed by atoms with van der Waals surface area (Å²) >= 11 is 0. The summed E-state index contributed by atoms with van der Waals surface area (Å²) in [5.74, 6) is 1.76. The molecule has 0 bridgehead atoms. The molecule has 0 saturated carbocycles. The molecule has 6 heteroatoms. The van der Waals surface area contributed by atoms with Gasteiger partial charge in [-0.15, -0.1) is 24.0 Å². The fourth-order valence-corrected chi connectivity index (χ4v) is 2.13. The number of ether oxygens (including phenoxy) is 2. The third kappa shape index (κ3) is 9.00. The van der Waals surface area contributed by atoms with E-state index >= 15 is 0 Å². The van der Waals surface area contributed by atoms with E-state index in [1.165, 1.54) is 11.1 Å². The third-order valence-electron chi connectivity index (χ3n) is 3.18. The Morgan fingerprint density at radius 3 is 2.65 bits per heavy atom. The molecule has 5 nitrogen and oxygen atoms in total. The Morgan fingerprint density at radius 2 is 2.00 bits per heavy atom. The molecule has 23 heavy (non-hydrogen) atoms. The van der Waals surface area contributed by atoms with E-state index in [0.717, 1.165) is 37.8 Å². The van der Waals surface area contributed by atoms with Crippen LogP contribution in [0.4, 0.5) is 0 Å². The first kappa shape index (κ1) is 22.0. The number of hydrogen-bond acceptors (Lipinski definition) is 3. The largest absolute Gasteiger partial charge is 0.496 e. The quantitative estimate of drug-likeness (QED) is 0.271. The number of nitrogens with one attached hydrogen (secondary N) is 2. The monoisotopic (exact) mass is 435 g/mol. The summed E-state index contributed by atoms with van der Waals surface area (Å²) < 4.78 is 10.7. The molecule has 0 aliphatic heterocycles. The highest BCUT2D eigenvalue weighted by Gasteiger charge is 2.04. The lowest BCUT2D eigenvalue weighted by Crippen LogP contribution is -2.38. The Bertz CT molecular complexity index is 467. The van der Waals surface area contributed by atoms with E-state index in [1.807, 2.05) is 13.0 Å². The molecule has 0 fully saturated rings. The molecule has 0 radical (unpaired) electrons. The summed E-state index contributed by atoms with van der Waals surface area (Å²) in [6.07, 6.45) is 0.890. The van der Waals surface area contributed by atoms with Crippen molar-refractivity contribution in [1.29, 1.82) is 0 Å². The molecule has 2 N–H and O–H groups in total. The molecule has 0 saturated heterocycles. The molecule has 0 heterocycles. The maximum Gasteiger partial charge on any atom is 0.191 e. The molecule has 132 valence electrons. The minimum atomic E-state index is 0. The lowest BCUT2D eigenvalue weighted by atomic mass is 10.1. The number of guanidine groups is 1. The first-order valence-electron chi connectivity index (χ1n) is 7.94. The van der Waals surface area contributed by atoms with Gasteiger partial charge in [0.2, 0.25) is 0 Å². The Hall–Kier alpha value is -1.02. The van der Waals surface area contributed by atoms with Crippen LogP contribution in [0.5, 0.6) is 5.75 Å². The van der Waals surface area contributed by atoms with E-state index in [0.29, 0.717) is 13.2 Å². The van der Waals surface area contributed by atoms with Crippen LogP contribution >= 0.6 is 24.0 Å². The van der Waals surface area contributed by atoms with Gasteiger partial charge in [-0.3, -0.25) is 4.99 Å². The Kier molecular flexibility index (Phi) is 12.8. The lowest BCUT2D eigenvalue weighted by molar-refractivity contribution is 0.155. The second-order valence-electron chi connectivity index (χ2n) is 4.95. The van der Waals surface area contributed by atoms with Gasteiger partial charge < -0.3 is 20.1 Å². The van der Waals surface area contributed by atoms with Crippen molar-refractivity contribution in [3.63, 3.8) is 0 Å². The van der Waals surface area contributed by atoms with Crippen LogP contribution in [0.1, 0.15) is 25.0 Å². The number of halogens is 1. The third-order valence-corrected chi connectivity index (χ3v) is 3.18. The average Bonchev–Trinajstić information content (AvgIpc) is 2.51. The van der Waals surface area contributed by atoms with E-state index in [2.05, 4.69) is 41.6 Å². The maximum absolute atomic E-state index is 5.41. The van der Waals surface area contributed by atoms with Crippen LogP contribution in [0.3, 0.4) is 0 Å². The summed E-state index contributed by atoms with van der Waals surface area (Å²) in [4.78, 5) is 4.48. The van der Waals surface area contributed by atoms with E-state index < -0.39 is 0 Å². The van der Waals surface area contributed by atoms with Gasteiger partial charge >= 0.3 is 0 Å². The molecular weight excluding hydrogens is 405 g/mol. The minimum absolute atomic E-state index is 0. The Morgan fingerprint density at radius 1 is 1.22 bits per heavy atom. The van der Waals surface area contributed by atoms with Gasteiger partial charge in [0.15, 0.2) is 5.96 Å². The highest BCUT2D eigenvalue weighted by atomic mass is 127. The smallest absolute Gasteiger partial charge is 0.191 e. The highest BCUT2D eigenvalue weighted by Crippen LogP contribution is 2.19. The number of rotatable bonds is 9. The van der Waals surface area contributed by atoms with Gasteiger partial charge in [0.1, 0.15) is 5.75 Å². The molecule has 0 atom stereocenters. The first-order chi connectivity index (χ1) is 10.7. The van der Waals surface area contributed by atoms with Crippen LogP contribution in [0, 0.1) is 6.92 Å². The molecule has 0 spiro atoms. The fraction of sp³-hybridized carbons (Fsp3) is 0.588. The lowest BCUT2D eigenvalue weighted by Gasteiger charge is -2.13. The molecule has 1 rings (SSSR count). The van der Waals surface area contributed by atoms with Gasteiger partial charge in [-0.2, -0.15) is 0 Å².